The van der Waals surface area contributed by atoms with Gasteiger partial charge < -0.3 is 5.32 Å². The lowest BCUT2D eigenvalue weighted by molar-refractivity contribution is 0.600. The second-order valence-corrected chi connectivity index (χ2v) is 5.90. The third-order valence-electron chi connectivity index (χ3n) is 2.49. The van der Waals surface area contributed by atoms with E-state index >= 15 is 0 Å². The Labute approximate surface area is 117 Å². The van der Waals surface area contributed by atoms with Crippen molar-refractivity contribution in [2.24, 2.45) is 0 Å². The lowest BCUT2D eigenvalue weighted by Gasteiger charge is -2.06. The number of anilines is 1. The Morgan fingerprint density at radius 1 is 1.10 bits per heavy atom. The van der Waals surface area contributed by atoms with Crippen LogP contribution in [0, 0.1) is 0 Å². The van der Waals surface area contributed by atoms with Crippen molar-refractivity contribution in [1.29, 1.82) is 0 Å². The molecule has 0 unspecified atom stereocenters. The first-order chi connectivity index (χ1) is 9.59. The summed E-state index contributed by atoms with van der Waals surface area (Å²) < 4.78 is 26.2. The zero-order valence-corrected chi connectivity index (χ0v) is 11.8. The van der Waals surface area contributed by atoms with Gasteiger partial charge in [-0.25, -0.2) is 18.1 Å². The summed E-state index contributed by atoms with van der Waals surface area (Å²) in [6.07, 6.45) is 2.75. The SMILES string of the molecule is CNCc1ccc(CS(=O)(=O)Nc2nccnn2)cc1. The number of aromatic nitrogens is 3. The number of sulfonamides is 1. The minimum absolute atomic E-state index is 0.0284. The first-order valence-corrected chi connectivity index (χ1v) is 7.61. The molecule has 0 saturated carbocycles. The lowest BCUT2D eigenvalue weighted by Crippen LogP contribution is -2.17. The Bertz CT molecular complexity index is 643. The number of nitrogens with zero attached hydrogens (tertiary/aromatic N) is 3. The highest BCUT2D eigenvalue weighted by Gasteiger charge is 2.13. The zero-order chi connectivity index (χ0) is 14.4. The van der Waals surface area contributed by atoms with Crippen LogP contribution < -0.4 is 10.0 Å². The van der Waals surface area contributed by atoms with Gasteiger partial charge in [-0.05, 0) is 18.2 Å². The van der Waals surface area contributed by atoms with E-state index in [0.717, 1.165) is 12.1 Å². The van der Waals surface area contributed by atoms with Gasteiger partial charge in [0.05, 0.1) is 18.1 Å². The Hall–Kier alpha value is -2.06. The van der Waals surface area contributed by atoms with Gasteiger partial charge in [-0.15, -0.1) is 5.10 Å². The number of benzene rings is 1. The molecular formula is C12H15N5O2S. The number of rotatable bonds is 6. The molecule has 1 aromatic heterocycles. The fraction of sp³-hybridized carbons (Fsp3) is 0.250. The summed E-state index contributed by atoms with van der Waals surface area (Å²) in [5, 5.41) is 10.2. The quantitative estimate of drug-likeness (QED) is 0.806. The molecule has 0 aliphatic heterocycles. The molecule has 20 heavy (non-hydrogen) atoms. The average Bonchev–Trinajstić information content (AvgIpc) is 2.41. The van der Waals surface area contributed by atoms with Crippen LogP contribution in [-0.2, 0) is 22.3 Å². The zero-order valence-electron chi connectivity index (χ0n) is 10.9. The van der Waals surface area contributed by atoms with Crippen molar-refractivity contribution in [3.63, 3.8) is 0 Å². The van der Waals surface area contributed by atoms with Gasteiger partial charge in [0.1, 0.15) is 0 Å². The molecule has 106 valence electrons. The van der Waals surface area contributed by atoms with Crippen LogP contribution in [0.25, 0.3) is 0 Å². The van der Waals surface area contributed by atoms with Gasteiger partial charge in [-0.2, -0.15) is 5.10 Å². The minimum Gasteiger partial charge on any atom is -0.316 e. The first kappa shape index (κ1) is 14.4. The summed E-state index contributed by atoms with van der Waals surface area (Å²) in [4.78, 5) is 3.77. The summed E-state index contributed by atoms with van der Waals surface area (Å²) in [6.45, 7) is 0.745. The highest BCUT2D eigenvalue weighted by molar-refractivity contribution is 7.91. The molecule has 1 heterocycles. The van der Waals surface area contributed by atoms with Gasteiger partial charge >= 0.3 is 0 Å². The third-order valence-corrected chi connectivity index (χ3v) is 3.70. The molecule has 2 N–H and O–H groups in total. The highest BCUT2D eigenvalue weighted by Crippen LogP contribution is 2.10. The van der Waals surface area contributed by atoms with Crippen molar-refractivity contribution in [1.82, 2.24) is 20.5 Å². The molecule has 0 amide bonds. The Morgan fingerprint density at radius 3 is 2.40 bits per heavy atom. The van der Waals surface area contributed by atoms with Crippen LogP contribution in [0.5, 0.6) is 0 Å². The molecule has 0 aliphatic rings. The predicted molar refractivity (Wildman–Crippen MR) is 75.3 cm³/mol. The van der Waals surface area contributed by atoms with Crippen LogP contribution in [0.15, 0.2) is 36.7 Å². The van der Waals surface area contributed by atoms with Gasteiger partial charge in [-0.3, -0.25) is 0 Å². The van der Waals surface area contributed by atoms with E-state index < -0.39 is 10.0 Å². The molecule has 1 aromatic carbocycles. The number of hydrogen-bond acceptors (Lipinski definition) is 6. The molecule has 0 aliphatic carbocycles. The largest absolute Gasteiger partial charge is 0.316 e. The number of nitrogens with one attached hydrogen (secondary N) is 2. The van der Waals surface area contributed by atoms with E-state index in [4.69, 9.17) is 0 Å². The van der Waals surface area contributed by atoms with Crippen LogP contribution in [0.1, 0.15) is 11.1 Å². The molecule has 0 spiro atoms. The fourth-order valence-corrected chi connectivity index (χ4v) is 2.72. The van der Waals surface area contributed by atoms with Crippen molar-refractivity contribution in [3.8, 4) is 0 Å². The Balaban J connectivity index is 2.04. The van der Waals surface area contributed by atoms with E-state index in [9.17, 15) is 8.42 Å². The van der Waals surface area contributed by atoms with E-state index in [1.54, 1.807) is 12.1 Å². The van der Waals surface area contributed by atoms with Crippen LogP contribution in [-0.4, -0.2) is 30.6 Å². The second kappa shape index (κ2) is 6.40. The van der Waals surface area contributed by atoms with Gasteiger partial charge in [0.25, 0.3) is 5.95 Å². The minimum atomic E-state index is -3.54. The molecule has 7 nitrogen and oxygen atoms in total. The monoisotopic (exact) mass is 293 g/mol. The molecular weight excluding hydrogens is 278 g/mol. The average molecular weight is 293 g/mol. The smallest absolute Gasteiger partial charge is 0.256 e. The van der Waals surface area contributed by atoms with Gasteiger partial charge in [0.15, 0.2) is 0 Å². The topological polar surface area (TPSA) is 96.9 Å². The maximum absolute atomic E-state index is 11.9. The summed E-state index contributed by atoms with van der Waals surface area (Å²) in [6, 6.07) is 7.36. The van der Waals surface area contributed by atoms with Crippen molar-refractivity contribution in [2.45, 2.75) is 12.3 Å². The summed E-state index contributed by atoms with van der Waals surface area (Å²) in [5.41, 5.74) is 1.79. The van der Waals surface area contributed by atoms with Crippen LogP contribution in [0.3, 0.4) is 0 Å². The standard InChI is InChI=1S/C12H15N5O2S/c1-13-8-10-2-4-11(5-3-10)9-20(18,19)17-12-14-6-7-15-16-12/h2-7,13H,8-9H2,1H3,(H,14,16,17). The highest BCUT2D eigenvalue weighted by atomic mass is 32.2. The summed E-state index contributed by atoms with van der Waals surface area (Å²) in [7, 11) is -1.69. The Morgan fingerprint density at radius 2 is 1.80 bits per heavy atom. The molecule has 0 bridgehead atoms. The molecule has 8 heteroatoms. The molecule has 0 radical (unpaired) electrons. The van der Waals surface area contributed by atoms with Crippen molar-refractivity contribution in [3.05, 3.63) is 47.8 Å². The molecule has 0 saturated heterocycles. The predicted octanol–water partition coefficient (Wildman–Crippen LogP) is 0.533. The van der Waals surface area contributed by atoms with E-state index in [1.165, 1.54) is 12.4 Å². The lowest BCUT2D eigenvalue weighted by atomic mass is 10.1. The molecule has 0 atom stereocenters. The third kappa shape index (κ3) is 4.25. The summed E-state index contributed by atoms with van der Waals surface area (Å²) in [5.74, 6) is -0.162. The van der Waals surface area contributed by atoms with Crippen molar-refractivity contribution in [2.75, 3.05) is 11.8 Å². The van der Waals surface area contributed by atoms with E-state index in [0.29, 0.717) is 5.56 Å². The van der Waals surface area contributed by atoms with Crippen LogP contribution >= 0.6 is 0 Å². The Kier molecular flexibility index (Phi) is 4.59. The maximum Gasteiger partial charge on any atom is 0.256 e. The summed E-state index contributed by atoms with van der Waals surface area (Å²) >= 11 is 0. The van der Waals surface area contributed by atoms with Crippen LogP contribution in [0.4, 0.5) is 5.95 Å². The number of hydrogen-bond donors (Lipinski definition) is 2. The van der Waals surface area contributed by atoms with Gasteiger partial charge in [0, 0.05) is 6.54 Å². The molecule has 2 rings (SSSR count). The molecule has 0 fully saturated rings. The van der Waals surface area contributed by atoms with E-state index in [2.05, 4.69) is 25.2 Å². The van der Waals surface area contributed by atoms with Crippen LogP contribution in [0.2, 0.25) is 0 Å². The van der Waals surface area contributed by atoms with Gasteiger partial charge in [-0.1, -0.05) is 24.3 Å². The van der Waals surface area contributed by atoms with E-state index in [1.807, 2.05) is 19.2 Å². The van der Waals surface area contributed by atoms with Crippen molar-refractivity contribution < 1.29 is 8.42 Å². The van der Waals surface area contributed by atoms with Crippen molar-refractivity contribution >= 4 is 16.0 Å². The molecule has 2 aromatic rings. The van der Waals surface area contributed by atoms with Gasteiger partial charge in [0.2, 0.25) is 10.0 Å². The fourth-order valence-electron chi connectivity index (χ4n) is 1.65. The van der Waals surface area contributed by atoms with E-state index in [-0.39, 0.29) is 11.7 Å². The first-order valence-electron chi connectivity index (χ1n) is 5.96. The normalized spacial score (nSPS) is 11.2. The second-order valence-electron chi connectivity index (χ2n) is 4.17. The maximum atomic E-state index is 11.9.